The average Bonchev–Trinajstić information content (AvgIpc) is 3.11. The highest BCUT2D eigenvalue weighted by Gasteiger charge is 2.57. The van der Waals surface area contributed by atoms with Gasteiger partial charge in [0.05, 0.1) is 25.2 Å². The number of amides is 1. The number of piperidine rings is 1. The second-order valence-electron chi connectivity index (χ2n) is 5.63. The van der Waals surface area contributed by atoms with Crippen LogP contribution in [0.15, 0.2) is 0 Å². The van der Waals surface area contributed by atoms with Crippen LogP contribution in [0.4, 0.5) is 0 Å². The van der Waals surface area contributed by atoms with Gasteiger partial charge in [0.2, 0.25) is 0 Å². The SMILES string of the molecule is C[C@@H]1OCCO[C@@H]1C(=O)N1CC[C@H]2[C@@H](C1)[C@H]2C(=O)O. The third-order valence-electron chi connectivity index (χ3n) is 4.52. The molecule has 1 aliphatic carbocycles. The van der Waals surface area contributed by atoms with E-state index in [9.17, 15) is 9.59 Å². The molecule has 0 unspecified atom stereocenters. The Morgan fingerprint density at radius 3 is 2.63 bits per heavy atom. The lowest BCUT2D eigenvalue weighted by Crippen LogP contribution is -2.51. The zero-order valence-corrected chi connectivity index (χ0v) is 10.9. The van der Waals surface area contributed by atoms with Gasteiger partial charge in [-0.1, -0.05) is 0 Å². The highest BCUT2D eigenvalue weighted by molar-refractivity contribution is 5.82. The molecule has 2 heterocycles. The molecule has 1 amide bonds. The van der Waals surface area contributed by atoms with Gasteiger partial charge >= 0.3 is 5.97 Å². The van der Waals surface area contributed by atoms with Gasteiger partial charge in [0.25, 0.3) is 5.91 Å². The molecule has 6 heteroatoms. The fraction of sp³-hybridized carbons (Fsp3) is 0.846. The highest BCUT2D eigenvalue weighted by atomic mass is 16.6. The molecule has 1 N–H and O–H groups in total. The van der Waals surface area contributed by atoms with Crippen molar-refractivity contribution < 1.29 is 24.2 Å². The normalized spacial score (nSPS) is 41.5. The van der Waals surface area contributed by atoms with E-state index in [0.29, 0.717) is 26.3 Å². The molecule has 0 bridgehead atoms. The number of hydrogen-bond acceptors (Lipinski definition) is 4. The second kappa shape index (κ2) is 4.76. The maximum atomic E-state index is 12.4. The van der Waals surface area contributed by atoms with E-state index in [4.69, 9.17) is 14.6 Å². The van der Waals surface area contributed by atoms with Gasteiger partial charge in [0.1, 0.15) is 0 Å². The average molecular weight is 269 g/mol. The minimum absolute atomic E-state index is 0.0540. The first-order valence-electron chi connectivity index (χ1n) is 6.84. The van der Waals surface area contributed by atoms with Gasteiger partial charge in [0.15, 0.2) is 6.10 Å². The molecule has 19 heavy (non-hydrogen) atoms. The lowest BCUT2D eigenvalue weighted by Gasteiger charge is -2.34. The summed E-state index contributed by atoms with van der Waals surface area (Å²) in [5, 5.41) is 9.05. The first kappa shape index (κ1) is 12.9. The van der Waals surface area contributed by atoms with Crippen molar-refractivity contribution in [3.63, 3.8) is 0 Å². The second-order valence-corrected chi connectivity index (χ2v) is 5.63. The molecule has 0 aromatic heterocycles. The number of aliphatic carboxylic acids is 1. The van der Waals surface area contributed by atoms with Crippen LogP contribution in [0.25, 0.3) is 0 Å². The molecule has 3 fully saturated rings. The number of carbonyl (C=O) groups excluding carboxylic acids is 1. The summed E-state index contributed by atoms with van der Waals surface area (Å²) in [6, 6.07) is 0. The highest BCUT2D eigenvalue weighted by Crippen LogP contribution is 2.51. The first-order valence-corrected chi connectivity index (χ1v) is 6.84. The van der Waals surface area contributed by atoms with Gasteiger partial charge in [-0.25, -0.2) is 0 Å². The number of likely N-dealkylation sites (tertiary alicyclic amines) is 1. The van der Waals surface area contributed by atoms with E-state index >= 15 is 0 Å². The lowest BCUT2D eigenvalue weighted by atomic mass is 10.1. The van der Waals surface area contributed by atoms with Crippen molar-refractivity contribution in [1.29, 1.82) is 0 Å². The van der Waals surface area contributed by atoms with Crippen molar-refractivity contribution in [1.82, 2.24) is 4.90 Å². The van der Waals surface area contributed by atoms with Crippen LogP contribution in [0.3, 0.4) is 0 Å². The maximum absolute atomic E-state index is 12.4. The molecule has 0 aromatic carbocycles. The van der Waals surface area contributed by atoms with Gasteiger partial charge in [0, 0.05) is 13.1 Å². The molecule has 6 nitrogen and oxygen atoms in total. The summed E-state index contributed by atoms with van der Waals surface area (Å²) in [5.74, 6) is -0.632. The van der Waals surface area contributed by atoms with Crippen molar-refractivity contribution in [2.75, 3.05) is 26.3 Å². The Morgan fingerprint density at radius 2 is 1.95 bits per heavy atom. The van der Waals surface area contributed by atoms with E-state index in [1.54, 1.807) is 4.90 Å². The minimum Gasteiger partial charge on any atom is -0.481 e. The topological polar surface area (TPSA) is 76.1 Å². The molecular formula is C13H19NO5. The summed E-state index contributed by atoms with van der Waals surface area (Å²) >= 11 is 0. The predicted octanol–water partition coefficient (Wildman–Crippen LogP) is -0.0306. The molecular weight excluding hydrogens is 250 g/mol. The Hall–Kier alpha value is -1.14. The molecule has 2 aliphatic heterocycles. The van der Waals surface area contributed by atoms with Crippen LogP contribution in [0.5, 0.6) is 0 Å². The van der Waals surface area contributed by atoms with E-state index in [0.717, 1.165) is 6.42 Å². The Morgan fingerprint density at radius 1 is 1.21 bits per heavy atom. The zero-order chi connectivity index (χ0) is 13.6. The van der Waals surface area contributed by atoms with Gasteiger partial charge < -0.3 is 19.5 Å². The number of nitrogens with zero attached hydrogens (tertiary/aromatic N) is 1. The molecule has 0 spiro atoms. The Balaban J connectivity index is 1.61. The summed E-state index contributed by atoms with van der Waals surface area (Å²) in [4.78, 5) is 25.1. The number of rotatable bonds is 2. The fourth-order valence-electron chi connectivity index (χ4n) is 3.39. The van der Waals surface area contributed by atoms with Crippen LogP contribution >= 0.6 is 0 Å². The smallest absolute Gasteiger partial charge is 0.307 e. The first-order chi connectivity index (χ1) is 9.09. The van der Waals surface area contributed by atoms with Crippen LogP contribution in [0.1, 0.15) is 13.3 Å². The number of fused-ring (bicyclic) bond motifs is 1. The molecule has 5 atom stereocenters. The van der Waals surface area contributed by atoms with E-state index < -0.39 is 12.1 Å². The molecule has 3 aliphatic rings. The van der Waals surface area contributed by atoms with E-state index in [1.807, 2.05) is 6.92 Å². The number of ether oxygens (including phenoxy) is 2. The third-order valence-corrected chi connectivity index (χ3v) is 4.52. The molecule has 3 rings (SSSR count). The van der Waals surface area contributed by atoms with Crippen LogP contribution in [0.2, 0.25) is 0 Å². The van der Waals surface area contributed by atoms with Gasteiger partial charge in [-0.2, -0.15) is 0 Å². The number of carboxylic acid groups (broad SMARTS) is 1. The number of hydrogen-bond donors (Lipinski definition) is 1. The predicted molar refractivity (Wildman–Crippen MR) is 64.5 cm³/mol. The van der Waals surface area contributed by atoms with Crippen LogP contribution in [0, 0.1) is 17.8 Å². The van der Waals surface area contributed by atoms with Gasteiger partial charge in [-0.15, -0.1) is 0 Å². The van der Waals surface area contributed by atoms with Crippen molar-refractivity contribution in [3.8, 4) is 0 Å². The number of carboxylic acids is 1. The van der Waals surface area contributed by atoms with Crippen LogP contribution in [-0.4, -0.2) is 60.4 Å². The van der Waals surface area contributed by atoms with Gasteiger partial charge in [-0.3, -0.25) is 9.59 Å². The minimum atomic E-state index is -0.727. The summed E-state index contributed by atoms with van der Waals surface area (Å²) < 4.78 is 10.9. The zero-order valence-electron chi connectivity index (χ0n) is 10.9. The van der Waals surface area contributed by atoms with Crippen molar-refractivity contribution in [3.05, 3.63) is 0 Å². The van der Waals surface area contributed by atoms with E-state index in [-0.39, 0.29) is 29.8 Å². The molecule has 1 saturated carbocycles. The maximum Gasteiger partial charge on any atom is 0.307 e. The third kappa shape index (κ3) is 2.23. The summed E-state index contributed by atoms with van der Waals surface area (Å²) in [5.41, 5.74) is 0. The number of carbonyl (C=O) groups is 2. The lowest BCUT2D eigenvalue weighted by molar-refractivity contribution is -0.172. The standard InChI is InChI=1S/C13H19NO5/c1-7-11(19-5-4-18-7)12(15)14-3-2-8-9(6-14)10(8)13(16)17/h7-11H,2-6H2,1H3,(H,16,17)/t7-,8-,9+,10-,11-/m0/s1. The van der Waals surface area contributed by atoms with Crippen LogP contribution < -0.4 is 0 Å². The molecule has 0 aromatic rings. The molecule has 106 valence electrons. The molecule has 0 radical (unpaired) electrons. The fourth-order valence-corrected chi connectivity index (χ4v) is 3.39. The summed E-state index contributed by atoms with van der Waals surface area (Å²) in [6.45, 7) is 3.99. The van der Waals surface area contributed by atoms with Crippen molar-refractivity contribution in [2.24, 2.45) is 17.8 Å². The van der Waals surface area contributed by atoms with E-state index in [2.05, 4.69) is 0 Å². The Bertz CT molecular complexity index is 398. The Kier molecular flexibility index (Phi) is 3.22. The van der Waals surface area contributed by atoms with E-state index in [1.165, 1.54) is 0 Å². The van der Waals surface area contributed by atoms with Crippen molar-refractivity contribution >= 4 is 11.9 Å². The molecule has 2 saturated heterocycles. The quantitative estimate of drug-likeness (QED) is 0.762. The Labute approximate surface area is 111 Å². The monoisotopic (exact) mass is 269 g/mol. The van der Waals surface area contributed by atoms with Gasteiger partial charge in [-0.05, 0) is 25.2 Å². The summed E-state index contributed by atoms with van der Waals surface area (Å²) in [7, 11) is 0. The van der Waals surface area contributed by atoms with Crippen LogP contribution in [-0.2, 0) is 19.1 Å². The largest absolute Gasteiger partial charge is 0.481 e. The van der Waals surface area contributed by atoms with Crippen molar-refractivity contribution in [2.45, 2.75) is 25.6 Å². The summed E-state index contributed by atoms with van der Waals surface area (Å²) in [6.07, 6.45) is 0.0239.